The highest BCUT2D eigenvalue weighted by Crippen LogP contribution is 2.23. The Morgan fingerprint density at radius 1 is 1.38 bits per heavy atom. The fourth-order valence-corrected chi connectivity index (χ4v) is 3.39. The SMILES string of the molecule is O=S(=O)(Nc1ccncc1Br)N1CCCC1. The van der Waals surface area contributed by atoms with Crippen LogP contribution in [-0.2, 0) is 10.2 Å². The molecular weight excluding hydrogens is 294 g/mol. The molecule has 1 N–H and O–H groups in total. The second kappa shape index (κ2) is 4.68. The maximum atomic E-state index is 11.9. The molecule has 0 amide bonds. The molecule has 1 fully saturated rings. The lowest BCUT2D eigenvalue weighted by Gasteiger charge is -2.17. The molecule has 2 heterocycles. The van der Waals surface area contributed by atoms with Crippen molar-refractivity contribution >= 4 is 31.8 Å². The third kappa shape index (κ3) is 2.53. The smallest absolute Gasteiger partial charge is 0.270 e. The number of halogens is 1. The van der Waals surface area contributed by atoms with Crippen LogP contribution in [-0.4, -0.2) is 30.8 Å². The van der Waals surface area contributed by atoms with Gasteiger partial charge < -0.3 is 0 Å². The minimum Gasteiger partial charge on any atom is -0.270 e. The molecule has 0 spiro atoms. The molecule has 88 valence electrons. The quantitative estimate of drug-likeness (QED) is 0.922. The van der Waals surface area contributed by atoms with E-state index in [9.17, 15) is 8.42 Å². The van der Waals surface area contributed by atoms with Gasteiger partial charge in [-0.1, -0.05) is 0 Å². The normalized spacial score (nSPS) is 17.6. The van der Waals surface area contributed by atoms with E-state index in [0.29, 0.717) is 23.2 Å². The van der Waals surface area contributed by atoms with Crippen molar-refractivity contribution in [2.24, 2.45) is 0 Å². The molecule has 5 nitrogen and oxygen atoms in total. The van der Waals surface area contributed by atoms with Crippen molar-refractivity contribution in [2.45, 2.75) is 12.8 Å². The summed E-state index contributed by atoms with van der Waals surface area (Å²) < 4.78 is 28.5. The van der Waals surface area contributed by atoms with Gasteiger partial charge in [0.25, 0.3) is 0 Å². The first-order valence-corrected chi connectivity index (χ1v) is 7.20. The fourth-order valence-electron chi connectivity index (χ4n) is 1.59. The maximum absolute atomic E-state index is 11.9. The molecule has 1 aliphatic heterocycles. The first kappa shape index (κ1) is 11.8. The highest BCUT2D eigenvalue weighted by molar-refractivity contribution is 9.10. The summed E-state index contributed by atoms with van der Waals surface area (Å²) in [5, 5.41) is 0. The Bertz CT molecular complexity index is 471. The number of rotatable bonds is 3. The number of nitrogens with zero attached hydrogens (tertiary/aromatic N) is 2. The predicted octanol–water partition coefficient (Wildman–Crippen LogP) is 1.60. The van der Waals surface area contributed by atoms with Crippen molar-refractivity contribution in [3.8, 4) is 0 Å². The summed E-state index contributed by atoms with van der Waals surface area (Å²) >= 11 is 3.25. The van der Waals surface area contributed by atoms with Crippen LogP contribution in [0.2, 0.25) is 0 Å². The number of pyridine rings is 1. The zero-order valence-electron chi connectivity index (χ0n) is 8.56. The minimum atomic E-state index is -3.41. The topological polar surface area (TPSA) is 62.3 Å². The lowest BCUT2D eigenvalue weighted by Crippen LogP contribution is -2.33. The first-order chi connectivity index (χ1) is 7.59. The molecule has 0 radical (unpaired) electrons. The molecule has 0 unspecified atom stereocenters. The average molecular weight is 306 g/mol. The summed E-state index contributed by atoms with van der Waals surface area (Å²) in [5.41, 5.74) is 0.516. The molecule has 1 aromatic heterocycles. The zero-order valence-corrected chi connectivity index (χ0v) is 11.0. The molecule has 0 aromatic carbocycles. The third-order valence-corrected chi connectivity index (χ3v) is 4.57. The number of hydrogen-bond donors (Lipinski definition) is 1. The maximum Gasteiger partial charge on any atom is 0.301 e. The van der Waals surface area contributed by atoms with E-state index in [1.807, 2.05) is 0 Å². The zero-order chi connectivity index (χ0) is 11.6. The molecule has 0 aliphatic carbocycles. The molecule has 16 heavy (non-hydrogen) atoms. The summed E-state index contributed by atoms with van der Waals surface area (Å²) in [6, 6.07) is 1.62. The van der Waals surface area contributed by atoms with Gasteiger partial charge in [-0.3, -0.25) is 9.71 Å². The van der Waals surface area contributed by atoms with Crippen molar-refractivity contribution in [3.05, 3.63) is 22.9 Å². The average Bonchev–Trinajstić information content (AvgIpc) is 2.75. The molecule has 0 saturated carbocycles. The Kier molecular flexibility index (Phi) is 3.46. The van der Waals surface area contributed by atoms with E-state index in [4.69, 9.17) is 0 Å². The second-order valence-corrected chi connectivity index (χ2v) is 6.09. The van der Waals surface area contributed by atoms with Gasteiger partial charge in [-0.2, -0.15) is 12.7 Å². The molecule has 2 rings (SSSR count). The van der Waals surface area contributed by atoms with Crippen molar-refractivity contribution in [2.75, 3.05) is 17.8 Å². The van der Waals surface area contributed by atoms with Gasteiger partial charge in [-0.05, 0) is 34.8 Å². The fraction of sp³-hybridized carbons (Fsp3) is 0.444. The van der Waals surface area contributed by atoms with Crippen LogP contribution < -0.4 is 4.72 Å². The highest BCUT2D eigenvalue weighted by Gasteiger charge is 2.25. The molecule has 0 bridgehead atoms. The molecule has 7 heteroatoms. The van der Waals surface area contributed by atoms with E-state index in [0.717, 1.165) is 12.8 Å². The van der Waals surface area contributed by atoms with Gasteiger partial charge in [0.15, 0.2) is 0 Å². The molecular formula is C9H12BrN3O2S. The van der Waals surface area contributed by atoms with Gasteiger partial charge in [-0.15, -0.1) is 0 Å². The van der Waals surface area contributed by atoms with Crippen LogP contribution >= 0.6 is 15.9 Å². The Hall–Kier alpha value is -0.660. The third-order valence-electron chi connectivity index (χ3n) is 2.42. The van der Waals surface area contributed by atoms with Gasteiger partial charge in [0, 0.05) is 25.5 Å². The van der Waals surface area contributed by atoms with Gasteiger partial charge in [-0.25, -0.2) is 0 Å². The van der Waals surface area contributed by atoms with Crippen LogP contribution in [0.5, 0.6) is 0 Å². The first-order valence-electron chi connectivity index (χ1n) is 4.97. The van der Waals surface area contributed by atoms with Crippen molar-refractivity contribution in [3.63, 3.8) is 0 Å². The van der Waals surface area contributed by atoms with Gasteiger partial charge >= 0.3 is 10.2 Å². The number of aromatic nitrogens is 1. The molecule has 1 aromatic rings. The predicted molar refractivity (Wildman–Crippen MR) is 65.3 cm³/mol. The van der Waals surface area contributed by atoms with Gasteiger partial charge in [0.2, 0.25) is 0 Å². The van der Waals surface area contributed by atoms with E-state index < -0.39 is 10.2 Å². The number of nitrogens with one attached hydrogen (secondary N) is 1. The molecule has 1 saturated heterocycles. The van der Waals surface area contributed by atoms with Crippen molar-refractivity contribution < 1.29 is 8.42 Å². The summed E-state index contributed by atoms with van der Waals surface area (Å²) in [5.74, 6) is 0. The summed E-state index contributed by atoms with van der Waals surface area (Å²) in [6.45, 7) is 1.19. The van der Waals surface area contributed by atoms with Gasteiger partial charge in [0.1, 0.15) is 0 Å². The highest BCUT2D eigenvalue weighted by atomic mass is 79.9. The van der Waals surface area contributed by atoms with Crippen LogP contribution in [0, 0.1) is 0 Å². The van der Waals surface area contributed by atoms with Crippen LogP contribution in [0.3, 0.4) is 0 Å². The largest absolute Gasteiger partial charge is 0.301 e. The van der Waals surface area contributed by atoms with E-state index >= 15 is 0 Å². The summed E-state index contributed by atoms with van der Waals surface area (Å²) in [7, 11) is -3.41. The van der Waals surface area contributed by atoms with Crippen LogP contribution in [0.4, 0.5) is 5.69 Å². The second-order valence-electron chi connectivity index (χ2n) is 3.57. The van der Waals surface area contributed by atoms with Crippen LogP contribution in [0.25, 0.3) is 0 Å². The van der Waals surface area contributed by atoms with Crippen LogP contribution in [0.15, 0.2) is 22.9 Å². The Morgan fingerprint density at radius 2 is 2.06 bits per heavy atom. The lowest BCUT2D eigenvalue weighted by molar-refractivity contribution is 0.482. The van der Waals surface area contributed by atoms with E-state index in [-0.39, 0.29) is 0 Å². The Morgan fingerprint density at radius 3 is 2.69 bits per heavy atom. The van der Waals surface area contributed by atoms with E-state index in [1.165, 1.54) is 4.31 Å². The summed E-state index contributed by atoms with van der Waals surface area (Å²) in [6.07, 6.45) is 4.96. The Labute approximate surface area is 103 Å². The monoisotopic (exact) mass is 305 g/mol. The molecule has 0 atom stereocenters. The molecule has 1 aliphatic rings. The van der Waals surface area contributed by atoms with E-state index in [1.54, 1.807) is 18.5 Å². The minimum absolute atomic E-state index is 0.516. The standard InChI is InChI=1S/C9H12BrN3O2S/c10-8-7-11-4-3-9(8)12-16(14,15)13-5-1-2-6-13/h3-4,7H,1-2,5-6H2,(H,11,12). The lowest BCUT2D eigenvalue weighted by atomic mass is 10.4. The Balaban J connectivity index is 2.18. The van der Waals surface area contributed by atoms with Crippen molar-refractivity contribution in [1.82, 2.24) is 9.29 Å². The van der Waals surface area contributed by atoms with Crippen molar-refractivity contribution in [1.29, 1.82) is 0 Å². The number of anilines is 1. The number of hydrogen-bond acceptors (Lipinski definition) is 3. The van der Waals surface area contributed by atoms with Crippen LogP contribution in [0.1, 0.15) is 12.8 Å². The van der Waals surface area contributed by atoms with Gasteiger partial charge in [0.05, 0.1) is 10.2 Å². The summed E-state index contributed by atoms with van der Waals surface area (Å²) in [4.78, 5) is 3.88. The van der Waals surface area contributed by atoms with E-state index in [2.05, 4.69) is 25.6 Å².